The average Bonchev–Trinajstić information content (AvgIpc) is 2.60. The van der Waals surface area contributed by atoms with Gasteiger partial charge in [0.05, 0.1) is 5.02 Å². The van der Waals surface area contributed by atoms with E-state index in [4.69, 9.17) is 28.9 Å². The maximum Gasteiger partial charge on any atom is 0.0590 e. The molecule has 0 amide bonds. The van der Waals surface area contributed by atoms with Crippen molar-refractivity contribution in [2.75, 3.05) is 0 Å². The van der Waals surface area contributed by atoms with Gasteiger partial charge in [0.2, 0.25) is 0 Å². The summed E-state index contributed by atoms with van der Waals surface area (Å²) in [6.45, 7) is 1.99. The smallest absolute Gasteiger partial charge is 0.0590 e. The van der Waals surface area contributed by atoms with Gasteiger partial charge in [0.1, 0.15) is 0 Å². The van der Waals surface area contributed by atoms with Crippen molar-refractivity contribution in [2.45, 2.75) is 19.4 Å². The van der Waals surface area contributed by atoms with Gasteiger partial charge in [0.15, 0.2) is 0 Å². The summed E-state index contributed by atoms with van der Waals surface area (Å²) in [5.74, 6) is 0. The van der Waals surface area contributed by atoms with Crippen LogP contribution in [0.2, 0.25) is 10.0 Å². The Kier molecular flexibility index (Phi) is 4.10. The summed E-state index contributed by atoms with van der Waals surface area (Å²) in [6.07, 6.45) is 0.750. The summed E-state index contributed by atoms with van der Waals surface area (Å²) in [5, 5.41) is 3.57. The molecule has 90 valence electrons. The Morgan fingerprint density at radius 2 is 2.12 bits per heavy atom. The molecule has 1 aromatic heterocycles. The van der Waals surface area contributed by atoms with Gasteiger partial charge in [-0.15, -0.1) is 11.3 Å². The van der Waals surface area contributed by atoms with E-state index in [1.165, 1.54) is 0 Å². The predicted molar refractivity (Wildman–Crippen MR) is 76.2 cm³/mol. The van der Waals surface area contributed by atoms with Gasteiger partial charge in [0, 0.05) is 15.9 Å². The Labute approximate surface area is 115 Å². The molecule has 0 aliphatic heterocycles. The van der Waals surface area contributed by atoms with E-state index in [1.54, 1.807) is 11.3 Å². The molecule has 0 radical (unpaired) electrons. The van der Waals surface area contributed by atoms with Crippen LogP contribution >= 0.6 is 34.5 Å². The zero-order chi connectivity index (χ0) is 12.4. The molecule has 1 atom stereocenters. The number of rotatable bonds is 3. The highest BCUT2D eigenvalue weighted by atomic mass is 35.5. The van der Waals surface area contributed by atoms with E-state index in [2.05, 4.69) is 0 Å². The first-order chi connectivity index (χ1) is 8.08. The van der Waals surface area contributed by atoms with Gasteiger partial charge in [-0.3, -0.25) is 0 Å². The van der Waals surface area contributed by atoms with E-state index < -0.39 is 0 Å². The summed E-state index contributed by atoms with van der Waals surface area (Å²) >= 11 is 13.8. The van der Waals surface area contributed by atoms with Crippen LogP contribution in [0.1, 0.15) is 22.0 Å². The highest BCUT2D eigenvalue weighted by Gasteiger charge is 2.14. The van der Waals surface area contributed by atoms with Crippen LogP contribution in [0.4, 0.5) is 0 Å². The molecule has 1 aromatic carbocycles. The molecule has 2 N–H and O–H groups in total. The van der Waals surface area contributed by atoms with Gasteiger partial charge >= 0.3 is 0 Å². The van der Waals surface area contributed by atoms with Crippen molar-refractivity contribution < 1.29 is 0 Å². The average molecular weight is 286 g/mol. The number of hydrogen-bond acceptors (Lipinski definition) is 2. The molecule has 2 aromatic rings. The lowest BCUT2D eigenvalue weighted by molar-refractivity contribution is 0.736. The lowest BCUT2D eigenvalue weighted by Gasteiger charge is -2.11. The minimum atomic E-state index is -0.0698. The maximum atomic E-state index is 6.21. The van der Waals surface area contributed by atoms with Crippen molar-refractivity contribution in [3.8, 4) is 0 Å². The van der Waals surface area contributed by atoms with Crippen molar-refractivity contribution in [1.82, 2.24) is 0 Å². The zero-order valence-corrected chi connectivity index (χ0v) is 11.7. The Bertz CT molecular complexity index is 522. The molecule has 17 heavy (non-hydrogen) atoms. The van der Waals surface area contributed by atoms with Crippen LogP contribution in [-0.2, 0) is 6.42 Å². The van der Waals surface area contributed by atoms with Gasteiger partial charge in [-0.05, 0) is 42.0 Å². The quantitative estimate of drug-likeness (QED) is 0.876. The minimum absolute atomic E-state index is 0.0698. The fraction of sp³-hybridized carbons (Fsp3) is 0.231. The first kappa shape index (κ1) is 12.9. The molecule has 0 saturated heterocycles. The molecule has 0 saturated carbocycles. The number of hydrogen-bond donors (Lipinski definition) is 1. The first-order valence-electron chi connectivity index (χ1n) is 5.31. The Balaban J connectivity index is 2.17. The Morgan fingerprint density at radius 1 is 1.35 bits per heavy atom. The molecule has 0 fully saturated rings. The van der Waals surface area contributed by atoms with Crippen molar-refractivity contribution in [1.29, 1.82) is 0 Å². The van der Waals surface area contributed by atoms with Crippen LogP contribution in [-0.4, -0.2) is 0 Å². The molecule has 0 bridgehead atoms. The van der Waals surface area contributed by atoms with Crippen molar-refractivity contribution >= 4 is 34.5 Å². The van der Waals surface area contributed by atoms with Gasteiger partial charge in [-0.2, -0.15) is 0 Å². The normalized spacial score (nSPS) is 12.7. The van der Waals surface area contributed by atoms with Gasteiger partial charge in [0.25, 0.3) is 0 Å². The topological polar surface area (TPSA) is 26.0 Å². The summed E-state index contributed by atoms with van der Waals surface area (Å²) in [5.41, 5.74) is 8.40. The van der Waals surface area contributed by atoms with E-state index in [-0.39, 0.29) is 6.04 Å². The molecule has 2 rings (SSSR count). The van der Waals surface area contributed by atoms with E-state index in [9.17, 15) is 0 Å². The second-order valence-corrected chi connectivity index (χ2v) is 5.76. The standard InChI is InChI=1S/C13H13Cl2NS/c1-8-7-17-13(12(8)15)11(16)6-9-3-2-4-10(14)5-9/h2-5,7,11H,6,16H2,1H3. The molecular formula is C13H13Cl2NS. The van der Waals surface area contributed by atoms with E-state index in [1.807, 2.05) is 36.6 Å². The predicted octanol–water partition coefficient (Wildman–Crippen LogP) is 4.61. The number of halogens is 2. The fourth-order valence-corrected chi connectivity index (χ4v) is 3.26. The highest BCUT2D eigenvalue weighted by Crippen LogP contribution is 2.32. The van der Waals surface area contributed by atoms with Crippen LogP contribution in [0.5, 0.6) is 0 Å². The van der Waals surface area contributed by atoms with E-state index in [0.717, 1.165) is 32.5 Å². The third kappa shape index (κ3) is 3.02. The maximum absolute atomic E-state index is 6.21. The van der Waals surface area contributed by atoms with E-state index >= 15 is 0 Å². The van der Waals surface area contributed by atoms with Crippen LogP contribution in [0, 0.1) is 6.92 Å². The van der Waals surface area contributed by atoms with E-state index in [0.29, 0.717) is 0 Å². The summed E-state index contributed by atoms with van der Waals surface area (Å²) < 4.78 is 0. The van der Waals surface area contributed by atoms with Crippen LogP contribution in [0.3, 0.4) is 0 Å². The molecule has 0 aliphatic rings. The molecule has 1 nitrogen and oxygen atoms in total. The number of thiophene rings is 1. The van der Waals surface area contributed by atoms with Crippen molar-refractivity contribution in [3.05, 3.63) is 55.7 Å². The monoisotopic (exact) mass is 285 g/mol. The first-order valence-corrected chi connectivity index (χ1v) is 6.95. The molecule has 1 unspecified atom stereocenters. The lowest BCUT2D eigenvalue weighted by Crippen LogP contribution is -2.12. The lowest BCUT2D eigenvalue weighted by atomic mass is 10.1. The van der Waals surface area contributed by atoms with Crippen LogP contribution in [0.25, 0.3) is 0 Å². The highest BCUT2D eigenvalue weighted by molar-refractivity contribution is 7.10. The molecule has 1 heterocycles. The van der Waals surface area contributed by atoms with Gasteiger partial charge < -0.3 is 5.73 Å². The zero-order valence-electron chi connectivity index (χ0n) is 9.41. The second kappa shape index (κ2) is 5.40. The van der Waals surface area contributed by atoms with Crippen LogP contribution in [0.15, 0.2) is 29.6 Å². The molecular weight excluding hydrogens is 273 g/mol. The van der Waals surface area contributed by atoms with Crippen LogP contribution < -0.4 is 5.73 Å². The second-order valence-electron chi connectivity index (χ2n) is 4.04. The van der Waals surface area contributed by atoms with Gasteiger partial charge in [-0.1, -0.05) is 35.3 Å². The Morgan fingerprint density at radius 3 is 2.71 bits per heavy atom. The molecule has 4 heteroatoms. The summed E-state index contributed by atoms with van der Waals surface area (Å²) in [4.78, 5) is 1.05. The fourth-order valence-electron chi connectivity index (χ4n) is 1.71. The number of nitrogens with two attached hydrogens (primary N) is 1. The SMILES string of the molecule is Cc1csc(C(N)Cc2cccc(Cl)c2)c1Cl. The largest absolute Gasteiger partial charge is 0.323 e. The minimum Gasteiger partial charge on any atom is -0.323 e. The van der Waals surface area contributed by atoms with Crippen molar-refractivity contribution in [3.63, 3.8) is 0 Å². The third-order valence-electron chi connectivity index (χ3n) is 2.61. The Hall–Kier alpha value is -0.540. The van der Waals surface area contributed by atoms with Gasteiger partial charge in [-0.25, -0.2) is 0 Å². The number of aryl methyl sites for hydroxylation is 1. The molecule has 0 spiro atoms. The molecule has 0 aliphatic carbocycles. The summed E-state index contributed by atoms with van der Waals surface area (Å²) in [6, 6.07) is 7.69. The third-order valence-corrected chi connectivity index (χ3v) is 4.69. The summed E-state index contributed by atoms with van der Waals surface area (Å²) in [7, 11) is 0. The number of benzene rings is 1. The van der Waals surface area contributed by atoms with Crippen molar-refractivity contribution in [2.24, 2.45) is 5.73 Å².